The minimum absolute atomic E-state index is 0.133. The molecular formula is C30H41ClN6O2Si. The second-order valence-corrected chi connectivity index (χ2v) is 17.5. The highest BCUT2D eigenvalue weighted by Gasteiger charge is 2.37. The third-order valence-corrected chi connectivity index (χ3v) is 13.2. The predicted octanol–water partition coefficient (Wildman–Crippen LogP) is 6.19. The van der Waals surface area contributed by atoms with E-state index in [0.717, 1.165) is 73.9 Å². The quantitative estimate of drug-likeness (QED) is 0.263. The summed E-state index contributed by atoms with van der Waals surface area (Å²) in [4.78, 5) is 14.2. The highest BCUT2D eigenvalue weighted by atomic mass is 35.5. The number of hydrogen-bond acceptors (Lipinski definition) is 7. The van der Waals surface area contributed by atoms with E-state index >= 15 is 0 Å². The molecule has 2 aromatic heterocycles. The number of piperazine rings is 1. The maximum absolute atomic E-state index is 6.32. The molecule has 0 saturated carbocycles. The zero-order valence-electron chi connectivity index (χ0n) is 24.6. The summed E-state index contributed by atoms with van der Waals surface area (Å²) in [6.45, 7) is 17.8. The molecule has 2 aliphatic rings. The zero-order valence-corrected chi connectivity index (χ0v) is 26.4. The van der Waals surface area contributed by atoms with E-state index in [4.69, 9.17) is 30.8 Å². The topological polar surface area (TPSA) is 68.5 Å². The normalized spacial score (nSPS) is 18.6. The lowest BCUT2D eigenvalue weighted by molar-refractivity contribution is -0.0370. The Morgan fingerprint density at radius 2 is 1.85 bits per heavy atom. The van der Waals surface area contributed by atoms with Crippen molar-refractivity contribution < 1.29 is 9.16 Å². The molecule has 0 aliphatic carbocycles. The van der Waals surface area contributed by atoms with Gasteiger partial charge in [-0.15, -0.1) is 0 Å². The van der Waals surface area contributed by atoms with Gasteiger partial charge in [-0.2, -0.15) is 5.10 Å². The molecule has 1 aromatic carbocycles. The van der Waals surface area contributed by atoms with Gasteiger partial charge in [-0.25, -0.2) is 14.6 Å². The number of hydrogen-bond donors (Lipinski definition) is 0. The maximum Gasteiger partial charge on any atom is 0.193 e. The van der Waals surface area contributed by atoms with Crippen molar-refractivity contribution in [2.75, 3.05) is 49.2 Å². The number of rotatable bonds is 5. The van der Waals surface area contributed by atoms with Crippen molar-refractivity contribution in [3.05, 3.63) is 40.8 Å². The molecule has 1 atom stereocenters. The summed E-state index contributed by atoms with van der Waals surface area (Å²) in [6, 6.07) is 6.09. The number of aromatic nitrogens is 4. The molecule has 5 rings (SSSR count). The summed E-state index contributed by atoms with van der Waals surface area (Å²) >= 11 is 6.32. The fraction of sp³-hybridized carbons (Fsp3) is 0.567. The van der Waals surface area contributed by atoms with Crippen molar-refractivity contribution in [2.45, 2.75) is 71.3 Å². The Bertz CT molecular complexity index is 1410. The van der Waals surface area contributed by atoms with Gasteiger partial charge >= 0.3 is 0 Å². The second kappa shape index (κ2) is 11.7. The summed E-state index contributed by atoms with van der Waals surface area (Å²) in [5, 5.41) is 6.74. The van der Waals surface area contributed by atoms with Gasteiger partial charge in [0.25, 0.3) is 0 Å². The Labute approximate surface area is 244 Å². The van der Waals surface area contributed by atoms with Crippen LogP contribution in [0, 0.1) is 18.8 Å². The summed E-state index contributed by atoms with van der Waals surface area (Å²) in [7, 11) is -1.89. The summed E-state index contributed by atoms with van der Waals surface area (Å²) in [6.07, 6.45) is 4.60. The number of fused-ring (bicyclic) bond motifs is 1. The maximum atomic E-state index is 6.32. The van der Waals surface area contributed by atoms with Crippen LogP contribution < -0.4 is 9.80 Å². The van der Waals surface area contributed by atoms with Gasteiger partial charge in [0.15, 0.2) is 20.2 Å². The molecule has 40 heavy (non-hydrogen) atoms. The van der Waals surface area contributed by atoms with Gasteiger partial charge in [0.1, 0.15) is 17.8 Å². The van der Waals surface area contributed by atoms with E-state index in [2.05, 4.69) is 79.5 Å². The molecule has 0 amide bonds. The third kappa shape index (κ3) is 6.01. The zero-order chi connectivity index (χ0) is 28.5. The first-order chi connectivity index (χ1) is 19.0. The molecule has 0 spiro atoms. The molecule has 2 saturated heterocycles. The van der Waals surface area contributed by atoms with Gasteiger partial charge < -0.3 is 19.0 Å². The van der Waals surface area contributed by atoms with Crippen molar-refractivity contribution in [2.24, 2.45) is 0 Å². The van der Waals surface area contributed by atoms with E-state index < -0.39 is 8.32 Å². The molecule has 8 nitrogen and oxygen atoms in total. The SMILES string of the molecule is Cc1ccc(Cl)cc1N1CCN(c2ncnc3c2c(C#CCO[Si](C)(C)C(C)(C)C)nn3C2CCCCO2)CC1. The molecule has 3 aromatic rings. The molecule has 214 valence electrons. The summed E-state index contributed by atoms with van der Waals surface area (Å²) in [5.41, 5.74) is 3.88. The van der Waals surface area contributed by atoms with Crippen LogP contribution in [-0.2, 0) is 9.16 Å². The van der Waals surface area contributed by atoms with Gasteiger partial charge in [-0.3, -0.25) is 0 Å². The number of nitrogens with zero attached hydrogens (tertiary/aromatic N) is 6. The number of aryl methyl sites for hydroxylation is 1. The standard InChI is InChI=1S/C30H41ClN6O2Si/c1-22-12-13-23(31)20-25(22)35-14-16-36(17-15-35)28-27-24(10-9-19-39-40(5,6)30(2,3)4)34-37(29(27)33-21-32-28)26-11-7-8-18-38-26/h12-13,20-21,26H,7-8,11,14-19H2,1-6H3. The highest BCUT2D eigenvalue weighted by molar-refractivity contribution is 6.74. The number of benzene rings is 1. The predicted molar refractivity (Wildman–Crippen MR) is 165 cm³/mol. The first-order valence-corrected chi connectivity index (χ1v) is 17.6. The van der Waals surface area contributed by atoms with Crippen LogP contribution in [-0.4, -0.2) is 67.5 Å². The van der Waals surface area contributed by atoms with Crippen molar-refractivity contribution in [1.82, 2.24) is 19.7 Å². The molecule has 0 radical (unpaired) electrons. The minimum Gasteiger partial charge on any atom is -0.406 e. The van der Waals surface area contributed by atoms with Crippen LogP contribution in [0.2, 0.25) is 23.2 Å². The molecule has 1 unspecified atom stereocenters. The van der Waals surface area contributed by atoms with Gasteiger partial charge in [0.05, 0.1) is 12.0 Å². The fourth-order valence-corrected chi connectivity index (χ4v) is 6.07. The van der Waals surface area contributed by atoms with Crippen molar-refractivity contribution in [3.63, 3.8) is 0 Å². The van der Waals surface area contributed by atoms with Crippen molar-refractivity contribution in [1.29, 1.82) is 0 Å². The van der Waals surface area contributed by atoms with Crippen LogP contribution in [0.1, 0.15) is 57.5 Å². The number of ether oxygens (including phenoxy) is 1. The minimum atomic E-state index is -1.89. The second-order valence-electron chi connectivity index (χ2n) is 12.3. The Morgan fingerprint density at radius 1 is 1.10 bits per heavy atom. The van der Waals surface area contributed by atoms with E-state index in [-0.39, 0.29) is 11.3 Å². The number of halogens is 1. The Kier molecular flexibility index (Phi) is 8.44. The Morgan fingerprint density at radius 3 is 2.55 bits per heavy atom. The van der Waals surface area contributed by atoms with Crippen molar-refractivity contribution in [3.8, 4) is 11.8 Å². The first kappa shape index (κ1) is 28.9. The van der Waals surface area contributed by atoms with Crippen LogP contribution in [0.15, 0.2) is 24.5 Å². The lowest BCUT2D eigenvalue weighted by atomic mass is 10.1. The number of anilines is 2. The van der Waals surface area contributed by atoms with Crippen LogP contribution in [0.5, 0.6) is 0 Å². The highest BCUT2D eigenvalue weighted by Crippen LogP contribution is 2.36. The lowest BCUT2D eigenvalue weighted by Crippen LogP contribution is -2.47. The Hall–Kier alpha value is -2.64. The molecule has 2 aliphatic heterocycles. The van der Waals surface area contributed by atoms with Gasteiger partial charge in [-0.05, 0) is 67.9 Å². The van der Waals surface area contributed by atoms with Crippen LogP contribution in [0.25, 0.3) is 11.0 Å². The molecule has 4 heterocycles. The monoisotopic (exact) mass is 580 g/mol. The molecule has 0 N–H and O–H groups in total. The Balaban J connectivity index is 1.44. The van der Waals surface area contributed by atoms with Gasteiger partial charge in [0.2, 0.25) is 0 Å². The smallest absolute Gasteiger partial charge is 0.193 e. The average molecular weight is 581 g/mol. The van der Waals surface area contributed by atoms with E-state index in [1.807, 2.05) is 10.7 Å². The van der Waals surface area contributed by atoms with E-state index in [0.29, 0.717) is 12.3 Å². The van der Waals surface area contributed by atoms with Crippen LogP contribution >= 0.6 is 11.6 Å². The van der Waals surface area contributed by atoms with Gasteiger partial charge in [-0.1, -0.05) is 44.4 Å². The van der Waals surface area contributed by atoms with Gasteiger partial charge in [0, 0.05) is 43.5 Å². The largest absolute Gasteiger partial charge is 0.406 e. The van der Waals surface area contributed by atoms with E-state index in [1.54, 1.807) is 6.33 Å². The summed E-state index contributed by atoms with van der Waals surface area (Å²) in [5.74, 6) is 7.47. The first-order valence-electron chi connectivity index (χ1n) is 14.3. The third-order valence-electron chi connectivity index (χ3n) is 8.51. The van der Waals surface area contributed by atoms with Crippen LogP contribution in [0.4, 0.5) is 11.5 Å². The molecule has 0 bridgehead atoms. The van der Waals surface area contributed by atoms with Crippen molar-refractivity contribution >= 4 is 42.5 Å². The molecule has 10 heteroatoms. The fourth-order valence-electron chi connectivity index (χ4n) is 5.04. The van der Waals surface area contributed by atoms with Crippen LogP contribution in [0.3, 0.4) is 0 Å². The lowest BCUT2D eigenvalue weighted by Gasteiger charge is -2.37. The van der Waals surface area contributed by atoms with E-state index in [1.165, 1.54) is 11.3 Å². The molecular weight excluding hydrogens is 540 g/mol. The summed E-state index contributed by atoms with van der Waals surface area (Å²) < 4.78 is 14.3. The van der Waals surface area contributed by atoms with E-state index in [9.17, 15) is 0 Å². The average Bonchev–Trinajstić information content (AvgIpc) is 3.31. The molecule has 2 fully saturated rings.